The van der Waals surface area contributed by atoms with Crippen molar-refractivity contribution in [3.8, 4) is 0 Å². The van der Waals surface area contributed by atoms with E-state index in [1.807, 2.05) is 6.07 Å². The topological polar surface area (TPSA) is 38.3 Å². The number of ketones is 1. The molecule has 0 saturated heterocycles. The number of likely N-dealkylation sites (N-methyl/N-ethyl adjacent to an activating group) is 1. The third kappa shape index (κ3) is 1.87. The molecule has 0 amide bonds. The SMILES string of the molecule is CNCC(=O)c1cc2c(s1)CCOC2. The van der Waals surface area contributed by atoms with E-state index in [1.54, 1.807) is 18.4 Å². The van der Waals surface area contributed by atoms with Gasteiger partial charge in [0.25, 0.3) is 0 Å². The predicted octanol–water partition coefficient (Wildman–Crippen LogP) is 1.22. The number of ether oxygens (including phenoxy) is 1. The van der Waals surface area contributed by atoms with Gasteiger partial charge in [-0.1, -0.05) is 0 Å². The molecule has 0 bridgehead atoms. The van der Waals surface area contributed by atoms with Gasteiger partial charge >= 0.3 is 0 Å². The number of carbonyl (C=O) groups is 1. The Morgan fingerprint density at radius 3 is 3.29 bits per heavy atom. The van der Waals surface area contributed by atoms with Crippen molar-refractivity contribution >= 4 is 17.1 Å². The smallest absolute Gasteiger partial charge is 0.186 e. The Bertz CT molecular complexity index is 322. The van der Waals surface area contributed by atoms with Gasteiger partial charge in [0.1, 0.15) is 0 Å². The fourth-order valence-corrected chi connectivity index (χ4v) is 2.62. The van der Waals surface area contributed by atoms with Gasteiger partial charge in [0, 0.05) is 11.3 Å². The number of Topliss-reactive ketones (excluding diaryl/α,β-unsaturated/α-hetero) is 1. The van der Waals surface area contributed by atoms with E-state index in [1.165, 1.54) is 10.4 Å². The summed E-state index contributed by atoms with van der Waals surface area (Å²) >= 11 is 1.61. The fourth-order valence-electron chi connectivity index (χ4n) is 1.53. The molecule has 1 aromatic heterocycles. The van der Waals surface area contributed by atoms with Crippen LogP contribution in [0.1, 0.15) is 20.1 Å². The molecular weight excluding hydrogens is 198 g/mol. The number of thiophene rings is 1. The summed E-state index contributed by atoms with van der Waals surface area (Å²) in [5, 5.41) is 2.87. The second-order valence-electron chi connectivity index (χ2n) is 3.32. The van der Waals surface area contributed by atoms with Gasteiger partial charge < -0.3 is 10.1 Å². The van der Waals surface area contributed by atoms with Crippen molar-refractivity contribution in [3.05, 3.63) is 21.4 Å². The zero-order valence-corrected chi connectivity index (χ0v) is 8.95. The lowest BCUT2D eigenvalue weighted by molar-refractivity contribution is 0.0997. The molecule has 0 fully saturated rings. The number of hydrogen-bond acceptors (Lipinski definition) is 4. The summed E-state index contributed by atoms with van der Waals surface area (Å²) in [6, 6.07) is 1.97. The van der Waals surface area contributed by atoms with Gasteiger partial charge in [0.15, 0.2) is 5.78 Å². The summed E-state index contributed by atoms with van der Waals surface area (Å²) < 4.78 is 5.33. The van der Waals surface area contributed by atoms with Crippen molar-refractivity contribution in [2.75, 3.05) is 20.2 Å². The van der Waals surface area contributed by atoms with E-state index >= 15 is 0 Å². The highest BCUT2D eigenvalue weighted by atomic mass is 32.1. The molecule has 2 rings (SSSR count). The third-order valence-corrected chi connectivity index (χ3v) is 3.52. The summed E-state index contributed by atoms with van der Waals surface area (Å²) in [7, 11) is 1.79. The molecule has 3 nitrogen and oxygen atoms in total. The number of hydrogen-bond donors (Lipinski definition) is 1. The van der Waals surface area contributed by atoms with Crippen LogP contribution in [0.3, 0.4) is 0 Å². The number of rotatable bonds is 3. The molecule has 1 aliphatic rings. The van der Waals surface area contributed by atoms with Crippen LogP contribution in [0.5, 0.6) is 0 Å². The van der Waals surface area contributed by atoms with Gasteiger partial charge in [-0.2, -0.15) is 0 Å². The van der Waals surface area contributed by atoms with E-state index in [0.29, 0.717) is 13.2 Å². The Hall–Kier alpha value is -0.710. The number of nitrogens with one attached hydrogen (secondary N) is 1. The molecule has 0 saturated carbocycles. The van der Waals surface area contributed by atoms with Crippen molar-refractivity contribution in [2.45, 2.75) is 13.0 Å². The van der Waals surface area contributed by atoms with Crippen LogP contribution in [-0.2, 0) is 17.8 Å². The van der Waals surface area contributed by atoms with Gasteiger partial charge in [0.2, 0.25) is 0 Å². The minimum absolute atomic E-state index is 0.173. The second kappa shape index (κ2) is 4.21. The molecule has 0 spiro atoms. The summed E-state index contributed by atoms with van der Waals surface area (Å²) in [5.41, 5.74) is 1.20. The Labute approximate surface area is 87.1 Å². The maximum atomic E-state index is 11.6. The van der Waals surface area contributed by atoms with Crippen molar-refractivity contribution in [1.82, 2.24) is 5.32 Å². The molecule has 1 aliphatic heterocycles. The van der Waals surface area contributed by atoms with Crippen molar-refractivity contribution in [2.24, 2.45) is 0 Å². The average Bonchev–Trinajstić information content (AvgIpc) is 2.61. The predicted molar refractivity (Wildman–Crippen MR) is 55.9 cm³/mol. The molecule has 0 atom stereocenters. The summed E-state index contributed by atoms with van der Waals surface area (Å²) in [4.78, 5) is 13.7. The lowest BCUT2D eigenvalue weighted by Crippen LogP contribution is -2.17. The van der Waals surface area contributed by atoms with Gasteiger partial charge in [-0.05, 0) is 18.7 Å². The molecule has 0 aliphatic carbocycles. The molecule has 0 radical (unpaired) electrons. The van der Waals surface area contributed by atoms with Gasteiger partial charge in [-0.15, -0.1) is 11.3 Å². The Morgan fingerprint density at radius 2 is 2.57 bits per heavy atom. The lowest BCUT2D eigenvalue weighted by atomic mass is 10.1. The molecule has 1 aromatic rings. The van der Waals surface area contributed by atoms with Crippen LogP contribution in [0.25, 0.3) is 0 Å². The highest BCUT2D eigenvalue weighted by molar-refractivity contribution is 7.14. The average molecular weight is 211 g/mol. The largest absolute Gasteiger partial charge is 0.376 e. The van der Waals surface area contributed by atoms with Crippen molar-refractivity contribution in [1.29, 1.82) is 0 Å². The van der Waals surface area contributed by atoms with Crippen LogP contribution >= 0.6 is 11.3 Å². The molecular formula is C10H13NO2S. The Kier molecular flexibility index (Phi) is 2.96. The minimum atomic E-state index is 0.173. The second-order valence-corrected chi connectivity index (χ2v) is 4.45. The zero-order valence-electron chi connectivity index (χ0n) is 8.13. The highest BCUT2D eigenvalue weighted by Gasteiger charge is 2.16. The maximum Gasteiger partial charge on any atom is 0.186 e. The highest BCUT2D eigenvalue weighted by Crippen LogP contribution is 2.26. The van der Waals surface area contributed by atoms with E-state index in [2.05, 4.69) is 5.32 Å². The van der Waals surface area contributed by atoms with Crippen molar-refractivity contribution < 1.29 is 9.53 Å². The van der Waals surface area contributed by atoms with Crippen LogP contribution in [0, 0.1) is 0 Å². The maximum absolute atomic E-state index is 11.6. The number of carbonyl (C=O) groups excluding carboxylic acids is 1. The van der Waals surface area contributed by atoms with Crippen LogP contribution in [0.4, 0.5) is 0 Å². The first-order valence-electron chi connectivity index (χ1n) is 4.68. The molecule has 1 N–H and O–H groups in total. The standard InChI is InChI=1S/C10H13NO2S/c1-11-5-8(12)10-4-7-6-13-3-2-9(7)14-10/h4,11H,2-3,5-6H2,1H3. The van der Waals surface area contributed by atoms with Crippen LogP contribution in [0.15, 0.2) is 6.07 Å². The third-order valence-electron chi connectivity index (χ3n) is 2.24. The van der Waals surface area contributed by atoms with Gasteiger partial charge in [0.05, 0.1) is 24.6 Å². The van der Waals surface area contributed by atoms with Gasteiger partial charge in [-0.3, -0.25) is 4.79 Å². The molecule has 0 unspecified atom stereocenters. The quantitative estimate of drug-likeness (QED) is 0.764. The van der Waals surface area contributed by atoms with E-state index in [4.69, 9.17) is 4.74 Å². The van der Waals surface area contributed by atoms with Crippen LogP contribution < -0.4 is 5.32 Å². The summed E-state index contributed by atoms with van der Waals surface area (Å²) in [5.74, 6) is 0.173. The first kappa shape index (κ1) is 9.83. The molecule has 0 aromatic carbocycles. The fraction of sp³-hybridized carbons (Fsp3) is 0.500. The first-order chi connectivity index (χ1) is 6.81. The minimum Gasteiger partial charge on any atom is -0.376 e. The van der Waals surface area contributed by atoms with Crippen molar-refractivity contribution in [3.63, 3.8) is 0 Å². The zero-order chi connectivity index (χ0) is 9.97. The Balaban J connectivity index is 2.19. The molecule has 2 heterocycles. The molecule has 14 heavy (non-hydrogen) atoms. The van der Waals surface area contributed by atoms with Crippen LogP contribution in [-0.4, -0.2) is 26.0 Å². The monoisotopic (exact) mass is 211 g/mol. The number of fused-ring (bicyclic) bond motifs is 1. The van der Waals surface area contributed by atoms with E-state index in [-0.39, 0.29) is 5.78 Å². The molecule has 76 valence electrons. The normalized spacial score (nSPS) is 15.2. The van der Waals surface area contributed by atoms with E-state index in [0.717, 1.165) is 17.9 Å². The van der Waals surface area contributed by atoms with Gasteiger partial charge in [-0.25, -0.2) is 0 Å². The van der Waals surface area contributed by atoms with E-state index < -0.39 is 0 Å². The summed E-state index contributed by atoms with van der Waals surface area (Å²) in [6.07, 6.45) is 0.951. The lowest BCUT2D eigenvalue weighted by Gasteiger charge is -2.10. The first-order valence-corrected chi connectivity index (χ1v) is 5.50. The van der Waals surface area contributed by atoms with Crippen LogP contribution in [0.2, 0.25) is 0 Å². The Morgan fingerprint density at radius 1 is 1.71 bits per heavy atom. The summed E-state index contributed by atoms with van der Waals surface area (Å²) in [6.45, 7) is 1.87. The molecule has 4 heteroatoms. The van der Waals surface area contributed by atoms with E-state index in [9.17, 15) is 4.79 Å².